The first-order valence-corrected chi connectivity index (χ1v) is 6.90. The number of carbonyl (C=O) groups is 1. The van der Waals surface area contributed by atoms with E-state index >= 15 is 0 Å². The van der Waals surface area contributed by atoms with Crippen LogP contribution in [-0.2, 0) is 28.9 Å². The van der Waals surface area contributed by atoms with Crippen LogP contribution < -0.4 is 0 Å². The molecule has 6 heteroatoms. The van der Waals surface area contributed by atoms with Gasteiger partial charge in [0.25, 0.3) is 0 Å². The number of hydroxylamine groups is 2. The Morgan fingerprint density at radius 2 is 2.32 bits per heavy atom. The topological polar surface area (TPSA) is 78.5 Å². The van der Waals surface area contributed by atoms with Gasteiger partial charge in [0, 0.05) is 18.5 Å². The number of aromatic amines is 1. The molecule has 1 atom stereocenters. The van der Waals surface area contributed by atoms with E-state index < -0.39 is 6.10 Å². The lowest BCUT2D eigenvalue weighted by Gasteiger charge is -2.14. The zero-order chi connectivity index (χ0) is 13.2. The standard InChI is InChI=1S/C13H19N3O3/c17-9-7-16(19-8-9)13(18)6-5-12-10-3-1-2-4-11(10)14-15-12/h9,17H,1-8H2,(H,14,15). The highest BCUT2D eigenvalue weighted by atomic mass is 16.7. The number of rotatable bonds is 3. The highest BCUT2D eigenvalue weighted by Crippen LogP contribution is 2.23. The summed E-state index contributed by atoms with van der Waals surface area (Å²) in [7, 11) is 0. The summed E-state index contributed by atoms with van der Waals surface area (Å²) in [6, 6.07) is 0. The molecule has 2 N–H and O–H groups in total. The van der Waals surface area contributed by atoms with Gasteiger partial charge in [-0.1, -0.05) is 0 Å². The van der Waals surface area contributed by atoms with Gasteiger partial charge in [-0.2, -0.15) is 5.10 Å². The molecule has 19 heavy (non-hydrogen) atoms. The van der Waals surface area contributed by atoms with Crippen LogP contribution >= 0.6 is 0 Å². The fourth-order valence-corrected chi connectivity index (χ4v) is 2.75. The molecule has 1 fully saturated rings. The van der Waals surface area contributed by atoms with Crippen molar-refractivity contribution in [3.8, 4) is 0 Å². The minimum absolute atomic E-state index is 0.0795. The number of nitrogens with zero attached hydrogens (tertiary/aromatic N) is 2. The van der Waals surface area contributed by atoms with Gasteiger partial charge in [-0.15, -0.1) is 0 Å². The molecule has 1 aromatic rings. The number of hydrogen-bond acceptors (Lipinski definition) is 4. The van der Waals surface area contributed by atoms with E-state index in [9.17, 15) is 9.90 Å². The van der Waals surface area contributed by atoms with Gasteiger partial charge in [-0.25, -0.2) is 5.06 Å². The summed E-state index contributed by atoms with van der Waals surface area (Å²) in [5.74, 6) is -0.0795. The largest absolute Gasteiger partial charge is 0.389 e. The number of β-amino-alcohol motifs (C(OH)–C–C–N with tert-alkyl or cyclic N) is 1. The third-order valence-electron chi connectivity index (χ3n) is 3.80. The van der Waals surface area contributed by atoms with Gasteiger partial charge in [-0.3, -0.25) is 14.7 Å². The summed E-state index contributed by atoms with van der Waals surface area (Å²) < 4.78 is 0. The van der Waals surface area contributed by atoms with E-state index in [1.54, 1.807) is 0 Å². The van der Waals surface area contributed by atoms with E-state index in [-0.39, 0.29) is 19.1 Å². The van der Waals surface area contributed by atoms with Gasteiger partial charge in [-0.05, 0) is 31.2 Å². The van der Waals surface area contributed by atoms with Crippen molar-refractivity contribution < 1.29 is 14.7 Å². The Bertz CT molecular complexity index is 472. The van der Waals surface area contributed by atoms with Gasteiger partial charge >= 0.3 is 0 Å². The predicted octanol–water partition coefficient (Wildman–Crippen LogP) is 0.356. The number of aliphatic hydroxyl groups excluding tert-OH is 1. The van der Waals surface area contributed by atoms with Gasteiger partial charge in [0.2, 0.25) is 5.91 Å². The maximum atomic E-state index is 11.9. The van der Waals surface area contributed by atoms with Crippen molar-refractivity contribution in [2.24, 2.45) is 0 Å². The minimum atomic E-state index is -0.554. The van der Waals surface area contributed by atoms with Crippen molar-refractivity contribution in [2.75, 3.05) is 13.2 Å². The number of nitrogens with one attached hydrogen (secondary N) is 1. The first-order valence-electron chi connectivity index (χ1n) is 6.90. The molecule has 1 amide bonds. The zero-order valence-electron chi connectivity index (χ0n) is 10.9. The third-order valence-corrected chi connectivity index (χ3v) is 3.80. The first-order chi connectivity index (χ1) is 9.24. The molecule has 0 aromatic carbocycles. The second-order valence-electron chi connectivity index (χ2n) is 5.24. The summed E-state index contributed by atoms with van der Waals surface area (Å²) in [5.41, 5.74) is 3.56. The van der Waals surface area contributed by atoms with Gasteiger partial charge in [0.05, 0.1) is 18.3 Å². The Kier molecular flexibility index (Phi) is 3.52. The maximum absolute atomic E-state index is 11.9. The van der Waals surface area contributed by atoms with Crippen LogP contribution in [0.5, 0.6) is 0 Å². The lowest BCUT2D eigenvalue weighted by Crippen LogP contribution is -2.28. The van der Waals surface area contributed by atoms with Crippen LogP contribution in [0.3, 0.4) is 0 Å². The number of hydrogen-bond donors (Lipinski definition) is 2. The number of aromatic nitrogens is 2. The summed E-state index contributed by atoms with van der Waals surface area (Å²) in [4.78, 5) is 17.0. The smallest absolute Gasteiger partial charge is 0.246 e. The number of aryl methyl sites for hydroxylation is 2. The van der Waals surface area contributed by atoms with Gasteiger partial charge in [0.15, 0.2) is 0 Å². The molecule has 0 spiro atoms. The van der Waals surface area contributed by atoms with Crippen LogP contribution in [0.25, 0.3) is 0 Å². The van der Waals surface area contributed by atoms with E-state index in [4.69, 9.17) is 4.84 Å². The summed E-state index contributed by atoms with van der Waals surface area (Å²) >= 11 is 0. The Morgan fingerprint density at radius 1 is 1.47 bits per heavy atom. The molecule has 6 nitrogen and oxygen atoms in total. The molecule has 2 heterocycles. The summed E-state index contributed by atoms with van der Waals surface area (Å²) in [6.07, 6.45) is 5.01. The van der Waals surface area contributed by atoms with Crippen LogP contribution in [0.2, 0.25) is 0 Å². The minimum Gasteiger partial charge on any atom is -0.389 e. The molecule has 3 rings (SSSR count). The van der Waals surface area contributed by atoms with Crippen LogP contribution in [-0.4, -0.2) is 45.5 Å². The van der Waals surface area contributed by atoms with E-state index in [1.807, 2.05) is 0 Å². The number of amides is 1. The molecule has 104 valence electrons. The molecule has 0 bridgehead atoms. The monoisotopic (exact) mass is 265 g/mol. The van der Waals surface area contributed by atoms with Crippen LogP contribution in [0.1, 0.15) is 36.2 Å². The fourth-order valence-electron chi connectivity index (χ4n) is 2.75. The summed E-state index contributed by atoms with van der Waals surface area (Å²) in [5, 5.41) is 18.0. The highest BCUT2D eigenvalue weighted by molar-refractivity contribution is 5.75. The number of carbonyl (C=O) groups excluding carboxylic acids is 1. The molecule has 1 unspecified atom stereocenters. The lowest BCUT2D eigenvalue weighted by atomic mass is 9.94. The predicted molar refractivity (Wildman–Crippen MR) is 67.2 cm³/mol. The van der Waals surface area contributed by atoms with Crippen molar-refractivity contribution >= 4 is 5.91 Å². The fraction of sp³-hybridized carbons (Fsp3) is 0.692. The van der Waals surface area contributed by atoms with Crippen LogP contribution in [0.4, 0.5) is 0 Å². The molecule has 0 radical (unpaired) electrons. The lowest BCUT2D eigenvalue weighted by molar-refractivity contribution is -0.168. The number of fused-ring (bicyclic) bond motifs is 1. The second-order valence-corrected chi connectivity index (χ2v) is 5.24. The molecular formula is C13H19N3O3. The van der Waals surface area contributed by atoms with E-state index in [2.05, 4.69) is 10.2 Å². The Balaban J connectivity index is 1.57. The Morgan fingerprint density at radius 3 is 3.11 bits per heavy atom. The van der Waals surface area contributed by atoms with Crippen LogP contribution in [0, 0.1) is 0 Å². The molecule has 2 aliphatic rings. The average Bonchev–Trinajstić information content (AvgIpc) is 3.02. The van der Waals surface area contributed by atoms with Crippen molar-refractivity contribution in [3.05, 3.63) is 17.0 Å². The molecule has 1 aliphatic heterocycles. The molecule has 1 aliphatic carbocycles. The molecule has 1 saturated heterocycles. The third kappa shape index (κ3) is 2.64. The Labute approximate surface area is 111 Å². The van der Waals surface area contributed by atoms with Crippen LogP contribution in [0.15, 0.2) is 0 Å². The zero-order valence-corrected chi connectivity index (χ0v) is 10.9. The second kappa shape index (κ2) is 5.30. The quantitative estimate of drug-likeness (QED) is 0.827. The summed E-state index contributed by atoms with van der Waals surface area (Å²) in [6.45, 7) is 0.487. The van der Waals surface area contributed by atoms with Crippen molar-refractivity contribution in [2.45, 2.75) is 44.6 Å². The van der Waals surface area contributed by atoms with Crippen molar-refractivity contribution in [3.63, 3.8) is 0 Å². The first kappa shape index (κ1) is 12.6. The van der Waals surface area contributed by atoms with Gasteiger partial charge in [0.1, 0.15) is 6.61 Å². The van der Waals surface area contributed by atoms with E-state index in [0.717, 1.165) is 18.5 Å². The van der Waals surface area contributed by atoms with E-state index in [1.165, 1.54) is 29.2 Å². The van der Waals surface area contributed by atoms with Crippen molar-refractivity contribution in [1.29, 1.82) is 0 Å². The average molecular weight is 265 g/mol. The molecule has 0 saturated carbocycles. The SMILES string of the molecule is O=C(CCc1n[nH]c2c1CCCC2)N1CC(O)CO1. The normalized spacial score (nSPS) is 22.6. The number of aliphatic hydroxyl groups is 1. The van der Waals surface area contributed by atoms with Crippen molar-refractivity contribution in [1.82, 2.24) is 15.3 Å². The number of H-pyrrole nitrogens is 1. The van der Waals surface area contributed by atoms with Gasteiger partial charge < -0.3 is 5.11 Å². The maximum Gasteiger partial charge on any atom is 0.246 e. The highest BCUT2D eigenvalue weighted by Gasteiger charge is 2.26. The molecular weight excluding hydrogens is 246 g/mol. The Hall–Kier alpha value is -1.40. The molecule has 1 aromatic heterocycles. The van der Waals surface area contributed by atoms with E-state index in [0.29, 0.717) is 12.8 Å².